The summed E-state index contributed by atoms with van der Waals surface area (Å²) in [6.07, 6.45) is 3.52. The highest BCUT2D eigenvalue weighted by Crippen LogP contribution is 2.24. The molecule has 0 aromatic heterocycles. The van der Waals surface area contributed by atoms with E-state index in [2.05, 4.69) is 25.3 Å². The van der Waals surface area contributed by atoms with Crippen molar-refractivity contribution >= 4 is 36.4 Å². The molecule has 0 aromatic rings. The molecule has 1 rings (SSSR count). The minimum Gasteiger partial charge on any atom is -0.611 e. The van der Waals surface area contributed by atoms with E-state index < -0.39 is 11.2 Å². The highest BCUT2D eigenvalue weighted by Gasteiger charge is 2.20. The van der Waals surface area contributed by atoms with Crippen LogP contribution in [0.2, 0.25) is 0 Å². The Morgan fingerprint density at radius 3 is 2.78 bits per heavy atom. The van der Waals surface area contributed by atoms with Crippen LogP contribution < -0.4 is 0 Å². The normalized spacial score (nSPS) is 34.3. The Balaban J connectivity index is 2.73. The van der Waals surface area contributed by atoms with Crippen molar-refractivity contribution < 1.29 is 4.55 Å². The van der Waals surface area contributed by atoms with Gasteiger partial charge in [0.05, 0.1) is 0 Å². The van der Waals surface area contributed by atoms with E-state index in [1.807, 2.05) is 0 Å². The second kappa shape index (κ2) is 3.05. The van der Waals surface area contributed by atoms with Gasteiger partial charge in [0.15, 0.2) is 4.58 Å². The summed E-state index contributed by atoms with van der Waals surface area (Å²) in [6, 6.07) is 0. The van der Waals surface area contributed by atoms with Crippen LogP contribution in [-0.2, 0) is 11.2 Å². The topological polar surface area (TPSA) is 23.1 Å². The fourth-order valence-corrected chi connectivity index (χ4v) is 1.88. The largest absolute Gasteiger partial charge is 0.611 e. The third-order valence-corrected chi connectivity index (χ3v) is 3.76. The molecule has 0 spiro atoms. The summed E-state index contributed by atoms with van der Waals surface area (Å²) >= 11 is 7.13. The third kappa shape index (κ3) is 1.70. The lowest BCUT2D eigenvalue weighted by atomic mass is 10.5. The molecule has 0 fully saturated rings. The Labute approximate surface area is 68.2 Å². The lowest BCUT2D eigenvalue weighted by Gasteiger charge is -2.15. The van der Waals surface area contributed by atoms with Gasteiger partial charge in [-0.05, 0) is 23.3 Å². The first-order valence-electron chi connectivity index (χ1n) is 2.36. The van der Waals surface area contributed by atoms with E-state index in [0.717, 1.165) is 4.91 Å². The number of hydrogen-bond donors (Lipinski definition) is 2. The zero-order valence-corrected chi connectivity index (χ0v) is 7.13. The van der Waals surface area contributed by atoms with Crippen LogP contribution in [0.25, 0.3) is 0 Å². The van der Waals surface area contributed by atoms with Crippen molar-refractivity contribution in [2.24, 2.45) is 0 Å². The molecular weight excluding hydrogens is 172 g/mol. The van der Waals surface area contributed by atoms with Crippen molar-refractivity contribution in [3.05, 3.63) is 22.5 Å². The summed E-state index contributed by atoms with van der Waals surface area (Å²) in [5.41, 5.74) is 0. The number of allylic oxidation sites excluding steroid dienone is 2. The van der Waals surface area contributed by atoms with Gasteiger partial charge in [-0.15, -0.1) is 25.3 Å². The van der Waals surface area contributed by atoms with E-state index in [4.69, 9.17) is 0 Å². The Kier molecular flexibility index (Phi) is 2.58. The quantitative estimate of drug-likeness (QED) is 0.424. The zero-order valence-electron chi connectivity index (χ0n) is 4.52. The van der Waals surface area contributed by atoms with Gasteiger partial charge in [-0.1, -0.05) is 0 Å². The van der Waals surface area contributed by atoms with Crippen LogP contribution in [0.1, 0.15) is 0 Å². The molecule has 2 unspecified atom stereocenters. The molecule has 50 valence electrons. The third-order valence-electron chi connectivity index (χ3n) is 0.953. The molecule has 0 radical (unpaired) electrons. The van der Waals surface area contributed by atoms with Gasteiger partial charge in [-0.2, -0.15) is 0 Å². The van der Waals surface area contributed by atoms with Crippen molar-refractivity contribution in [1.82, 2.24) is 0 Å². The lowest BCUT2D eigenvalue weighted by Crippen LogP contribution is -2.14. The van der Waals surface area contributed by atoms with Gasteiger partial charge >= 0.3 is 0 Å². The summed E-state index contributed by atoms with van der Waals surface area (Å²) in [4.78, 5) is 0.763. The molecule has 1 aliphatic rings. The summed E-state index contributed by atoms with van der Waals surface area (Å²) in [7, 11) is 0. The van der Waals surface area contributed by atoms with Crippen molar-refractivity contribution in [2.45, 2.75) is 4.58 Å². The van der Waals surface area contributed by atoms with Crippen LogP contribution >= 0.6 is 25.3 Å². The highest BCUT2D eigenvalue weighted by molar-refractivity contribution is 8.08. The van der Waals surface area contributed by atoms with Crippen molar-refractivity contribution in [3.8, 4) is 0 Å². The minimum absolute atomic E-state index is 0.224. The molecular formula is C5H6OS3. The van der Waals surface area contributed by atoms with Crippen molar-refractivity contribution in [3.63, 3.8) is 0 Å². The van der Waals surface area contributed by atoms with Crippen LogP contribution in [0, 0.1) is 0 Å². The molecule has 0 aliphatic carbocycles. The van der Waals surface area contributed by atoms with E-state index in [1.165, 1.54) is 0 Å². The second-order valence-electron chi connectivity index (χ2n) is 1.60. The average Bonchev–Trinajstić information content (AvgIpc) is 1.83. The molecule has 1 aliphatic heterocycles. The fourth-order valence-electron chi connectivity index (χ4n) is 0.491. The first-order valence-corrected chi connectivity index (χ1v) is 4.60. The van der Waals surface area contributed by atoms with Gasteiger partial charge in [-0.3, -0.25) is 0 Å². The maximum absolute atomic E-state index is 10.9. The summed E-state index contributed by atoms with van der Waals surface area (Å²) in [6.45, 7) is 0. The Hall–Kier alpha value is 0.490. The average molecular weight is 178 g/mol. The molecule has 0 amide bonds. The van der Waals surface area contributed by atoms with Gasteiger partial charge in [0, 0.05) is 4.91 Å². The van der Waals surface area contributed by atoms with E-state index in [1.54, 1.807) is 17.6 Å². The monoisotopic (exact) mass is 178 g/mol. The van der Waals surface area contributed by atoms with Gasteiger partial charge in [-0.25, -0.2) is 0 Å². The smallest absolute Gasteiger partial charge is 0.193 e. The molecule has 1 nitrogen and oxygen atoms in total. The molecule has 0 saturated heterocycles. The Morgan fingerprint density at radius 2 is 2.33 bits per heavy atom. The second-order valence-corrected chi connectivity index (χ2v) is 4.38. The molecule has 0 aromatic carbocycles. The Bertz CT molecular complexity index is 164. The lowest BCUT2D eigenvalue weighted by molar-refractivity contribution is 0.604. The van der Waals surface area contributed by atoms with E-state index >= 15 is 0 Å². The Morgan fingerprint density at radius 1 is 1.67 bits per heavy atom. The van der Waals surface area contributed by atoms with Crippen LogP contribution in [-0.4, -0.2) is 9.13 Å². The molecule has 4 heteroatoms. The van der Waals surface area contributed by atoms with E-state index in [0.29, 0.717) is 0 Å². The number of hydrogen-bond acceptors (Lipinski definition) is 3. The predicted molar refractivity (Wildman–Crippen MR) is 47.1 cm³/mol. The minimum atomic E-state index is -0.976. The molecule has 0 bridgehead atoms. The van der Waals surface area contributed by atoms with Crippen LogP contribution in [0.5, 0.6) is 0 Å². The van der Waals surface area contributed by atoms with Crippen LogP contribution in [0.15, 0.2) is 22.5 Å². The van der Waals surface area contributed by atoms with Gasteiger partial charge < -0.3 is 4.55 Å². The van der Waals surface area contributed by atoms with Crippen LogP contribution in [0.4, 0.5) is 0 Å². The van der Waals surface area contributed by atoms with Gasteiger partial charge in [0.2, 0.25) is 0 Å². The molecule has 0 saturated carbocycles. The van der Waals surface area contributed by atoms with Gasteiger partial charge in [0.1, 0.15) is 5.41 Å². The SMILES string of the molecule is [O-][S+]1C=CC=C(S)C1S. The maximum atomic E-state index is 10.9. The predicted octanol–water partition coefficient (Wildman–Crippen LogP) is 1.33. The molecule has 2 atom stereocenters. The summed E-state index contributed by atoms with van der Waals surface area (Å²) in [5.74, 6) is 0. The van der Waals surface area contributed by atoms with Crippen molar-refractivity contribution in [1.29, 1.82) is 0 Å². The highest BCUT2D eigenvalue weighted by atomic mass is 32.2. The fraction of sp³-hybridized carbons (Fsp3) is 0.200. The summed E-state index contributed by atoms with van der Waals surface area (Å²) < 4.78 is 10.6. The van der Waals surface area contributed by atoms with E-state index in [-0.39, 0.29) is 4.58 Å². The van der Waals surface area contributed by atoms with Gasteiger partial charge in [0.25, 0.3) is 0 Å². The first-order chi connectivity index (χ1) is 4.22. The van der Waals surface area contributed by atoms with E-state index in [9.17, 15) is 4.55 Å². The van der Waals surface area contributed by atoms with Crippen LogP contribution in [0.3, 0.4) is 0 Å². The molecule has 1 heterocycles. The number of rotatable bonds is 0. The molecule has 9 heavy (non-hydrogen) atoms. The first kappa shape index (κ1) is 7.60. The standard InChI is InChI=1S/C5H6OS3/c6-9-3-1-2-4(7)5(9)8/h1-3,5,7-8H. The maximum Gasteiger partial charge on any atom is 0.193 e. The number of thiol groups is 2. The summed E-state index contributed by atoms with van der Waals surface area (Å²) in [5, 5.41) is 1.61. The zero-order chi connectivity index (χ0) is 6.85. The molecule has 0 N–H and O–H groups in total. The van der Waals surface area contributed by atoms with Crippen molar-refractivity contribution in [2.75, 3.05) is 0 Å².